The summed E-state index contributed by atoms with van der Waals surface area (Å²) in [6.45, 7) is 5.19. The van der Waals surface area contributed by atoms with Crippen molar-refractivity contribution in [2.24, 2.45) is 5.73 Å². The summed E-state index contributed by atoms with van der Waals surface area (Å²) in [5, 5.41) is 13.3. The van der Waals surface area contributed by atoms with E-state index in [2.05, 4.69) is 5.10 Å². The van der Waals surface area contributed by atoms with Crippen LogP contribution in [0.5, 0.6) is 0 Å². The van der Waals surface area contributed by atoms with Crippen molar-refractivity contribution in [2.75, 3.05) is 7.11 Å². The summed E-state index contributed by atoms with van der Waals surface area (Å²) < 4.78 is 50.2. The van der Waals surface area contributed by atoms with E-state index in [9.17, 15) is 23.2 Å². The van der Waals surface area contributed by atoms with Gasteiger partial charge in [0, 0.05) is 6.20 Å². The molecule has 0 fully saturated rings. The minimum Gasteiger partial charge on any atom is -0.466 e. The first kappa shape index (κ1) is 22.9. The fourth-order valence-corrected chi connectivity index (χ4v) is 3.77. The number of carbonyl (C=O) groups is 1. The number of halogens is 3. The van der Waals surface area contributed by atoms with Crippen LogP contribution in [0.1, 0.15) is 40.8 Å². The molecule has 2 aromatic rings. The zero-order chi connectivity index (χ0) is 23.8. The molecular weight excluding hydrogens is 425 g/mol. The van der Waals surface area contributed by atoms with E-state index in [1.54, 1.807) is 19.9 Å². The molecule has 168 valence electrons. The number of nitrogens with two attached hydrogens (primary N) is 1. The van der Waals surface area contributed by atoms with Gasteiger partial charge in [-0.15, -0.1) is 0 Å². The Balaban J connectivity index is 2.14. The van der Waals surface area contributed by atoms with Crippen molar-refractivity contribution < 1.29 is 27.4 Å². The van der Waals surface area contributed by atoms with E-state index in [0.717, 1.165) is 11.6 Å². The lowest BCUT2D eigenvalue weighted by Gasteiger charge is -2.28. The molecule has 7 nitrogen and oxygen atoms in total. The number of aryl methyl sites for hydroxylation is 1. The molecule has 0 spiro atoms. The molecule has 1 aliphatic heterocycles. The van der Waals surface area contributed by atoms with Crippen LogP contribution in [-0.2, 0) is 27.0 Å². The first-order valence-corrected chi connectivity index (χ1v) is 9.55. The normalized spacial score (nSPS) is 16.6. The average Bonchev–Trinajstić information content (AvgIpc) is 3.18. The minimum atomic E-state index is -4.54. The van der Waals surface area contributed by atoms with E-state index >= 15 is 0 Å². The van der Waals surface area contributed by atoms with Crippen LogP contribution in [0.4, 0.5) is 13.2 Å². The molecule has 1 unspecified atom stereocenters. The number of benzene rings is 1. The van der Waals surface area contributed by atoms with Gasteiger partial charge < -0.3 is 15.2 Å². The third-order valence-electron chi connectivity index (χ3n) is 5.29. The van der Waals surface area contributed by atoms with E-state index < -0.39 is 23.8 Å². The summed E-state index contributed by atoms with van der Waals surface area (Å²) in [6, 6.07) is 6.54. The molecule has 10 heteroatoms. The maximum atomic E-state index is 12.9. The second-order valence-electron chi connectivity index (χ2n) is 7.42. The quantitative estimate of drug-likeness (QED) is 0.717. The number of hydrogen-bond donors (Lipinski definition) is 1. The number of nitriles is 1. The number of alkyl halides is 3. The number of esters is 1. The highest BCUT2D eigenvalue weighted by Gasteiger charge is 2.37. The molecule has 1 atom stereocenters. The standard InChI is InChI=1S/C22H21F3N4O3/c1-11-7-14(10-29-6-5-17(28-29)22(23,24)25)12(2)15(8-11)19-16(9-26)20(27)32-13(3)18(19)21(30)31-4/h5-8,19H,10,27H2,1-4H3. The van der Waals surface area contributed by atoms with Crippen LogP contribution in [0.3, 0.4) is 0 Å². The lowest BCUT2D eigenvalue weighted by Crippen LogP contribution is -2.26. The molecule has 1 aromatic carbocycles. The Hall–Kier alpha value is -3.74. The van der Waals surface area contributed by atoms with Crippen molar-refractivity contribution in [1.82, 2.24) is 9.78 Å². The molecular formula is C22H21F3N4O3. The van der Waals surface area contributed by atoms with E-state index in [0.29, 0.717) is 16.7 Å². The van der Waals surface area contributed by atoms with Gasteiger partial charge in [-0.2, -0.15) is 23.5 Å². The number of ether oxygens (including phenoxy) is 2. The smallest absolute Gasteiger partial charge is 0.435 e. The number of methoxy groups -OCH3 is 1. The lowest BCUT2D eigenvalue weighted by atomic mass is 9.79. The van der Waals surface area contributed by atoms with E-state index in [1.807, 2.05) is 19.1 Å². The van der Waals surface area contributed by atoms with Crippen molar-refractivity contribution in [1.29, 1.82) is 5.26 Å². The molecule has 1 aromatic heterocycles. The monoisotopic (exact) mass is 446 g/mol. The zero-order valence-electron chi connectivity index (χ0n) is 17.9. The summed E-state index contributed by atoms with van der Waals surface area (Å²) >= 11 is 0. The summed E-state index contributed by atoms with van der Waals surface area (Å²) in [5.41, 5.74) is 7.88. The Labute approximate surface area is 182 Å². The topological polar surface area (TPSA) is 103 Å². The largest absolute Gasteiger partial charge is 0.466 e. The molecule has 1 aliphatic rings. The van der Waals surface area contributed by atoms with E-state index in [4.69, 9.17) is 15.2 Å². The zero-order valence-corrected chi connectivity index (χ0v) is 17.9. The van der Waals surface area contributed by atoms with Crippen LogP contribution < -0.4 is 5.73 Å². The SMILES string of the molecule is COC(=O)C1=C(C)OC(N)=C(C#N)C1c1cc(C)cc(Cn2ccc(C(F)(F)F)n2)c1C. The molecule has 0 saturated carbocycles. The van der Waals surface area contributed by atoms with Gasteiger partial charge in [-0.1, -0.05) is 17.7 Å². The number of aromatic nitrogens is 2. The third kappa shape index (κ3) is 4.19. The predicted molar refractivity (Wildman–Crippen MR) is 108 cm³/mol. The molecule has 2 N–H and O–H groups in total. The van der Waals surface area contributed by atoms with Gasteiger partial charge in [0.15, 0.2) is 5.69 Å². The number of nitrogens with zero attached hydrogens (tertiary/aromatic N) is 3. The Kier molecular flexibility index (Phi) is 6.03. The molecule has 0 saturated heterocycles. The average molecular weight is 446 g/mol. The van der Waals surface area contributed by atoms with Crippen LogP contribution in [0.25, 0.3) is 0 Å². The summed E-state index contributed by atoms with van der Waals surface area (Å²) in [6.07, 6.45) is -3.29. The van der Waals surface area contributed by atoms with Crippen LogP contribution in [-0.4, -0.2) is 22.9 Å². The van der Waals surface area contributed by atoms with Crippen molar-refractivity contribution in [3.8, 4) is 6.07 Å². The Bertz CT molecular complexity index is 1190. The Morgan fingerprint density at radius 3 is 2.59 bits per heavy atom. The number of hydrogen-bond acceptors (Lipinski definition) is 6. The fraction of sp³-hybridized carbons (Fsp3) is 0.318. The molecule has 0 radical (unpaired) electrons. The van der Waals surface area contributed by atoms with Gasteiger partial charge in [0.25, 0.3) is 0 Å². The highest BCUT2D eigenvalue weighted by molar-refractivity contribution is 5.92. The first-order chi connectivity index (χ1) is 15.0. The predicted octanol–water partition coefficient (Wildman–Crippen LogP) is 3.82. The Morgan fingerprint density at radius 2 is 2.03 bits per heavy atom. The van der Waals surface area contributed by atoms with Crippen molar-refractivity contribution in [3.63, 3.8) is 0 Å². The highest BCUT2D eigenvalue weighted by Crippen LogP contribution is 2.41. The van der Waals surface area contributed by atoms with Gasteiger partial charge in [0.1, 0.15) is 17.4 Å². The van der Waals surface area contributed by atoms with Crippen molar-refractivity contribution >= 4 is 5.97 Å². The van der Waals surface area contributed by atoms with Crippen LogP contribution >= 0.6 is 0 Å². The van der Waals surface area contributed by atoms with Crippen LogP contribution in [0.15, 0.2) is 47.2 Å². The molecule has 0 bridgehead atoms. The number of rotatable bonds is 4. The minimum absolute atomic E-state index is 0.0501. The van der Waals surface area contributed by atoms with Crippen LogP contribution in [0.2, 0.25) is 0 Å². The Morgan fingerprint density at radius 1 is 1.34 bits per heavy atom. The van der Waals surface area contributed by atoms with Gasteiger partial charge in [0.05, 0.1) is 25.1 Å². The number of allylic oxidation sites excluding steroid dienone is 2. The van der Waals surface area contributed by atoms with Gasteiger partial charge in [-0.3, -0.25) is 4.68 Å². The fourth-order valence-electron chi connectivity index (χ4n) is 3.77. The molecule has 3 rings (SSSR count). The maximum absolute atomic E-state index is 12.9. The lowest BCUT2D eigenvalue weighted by molar-refractivity contribution is -0.141. The molecule has 0 amide bonds. The summed E-state index contributed by atoms with van der Waals surface area (Å²) in [5.74, 6) is -1.42. The van der Waals surface area contributed by atoms with E-state index in [-0.39, 0.29) is 29.3 Å². The third-order valence-corrected chi connectivity index (χ3v) is 5.29. The van der Waals surface area contributed by atoms with Gasteiger partial charge >= 0.3 is 12.1 Å². The molecule has 32 heavy (non-hydrogen) atoms. The van der Waals surface area contributed by atoms with Gasteiger partial charge in [-0.25, -0.2) is 4.79 Å². The van der Waals surface area contributed by atoms with Crippen molar-refractivity contribution in [3.05, 3.63) is 75.1 Å². The maximum Gasteiger partial charge on any atom is 0.435 e. The summed E-state index contributed by atoms with van der Waals surface area (Å²) in [4.78, 5) is 12.5. The van der Waals surface area contributed by atoms with E-state index in [1.165, 1.54) is 18.0 Å². The highest BCUT2D eigenvalue weighted by atomic mass is 19.4. The molecule has 0 aliphatic carbocycles. The summed E-state index contributed by atoms with van der Waals surface area (Å²) in [7, 11) is 1.22. The van der Waals surface area contributed by atoms with Crippen LogP contribution in [0, 0.1) is 25.2 Å². The van der Waals surface area contributed by atoms with Gasteiger partial charge in [-0.05, 0) is 43.5 Å². The molecule has 2 heterocycles. The van der Waals surface area contributed by atoms with Crippen molar-refractivity contribution in [2.45, 2.75) is 39.4 Å². The second-order valence-corrected chi connectivity index (χ2v) is 7.42. The number of carbonyl (C=O) groups excluding carboxylic acids is 1. The first-order valence-electron chi connectivity index (χ1n) is 9.55. The second kappa shape index (κ2) is 8.42. The van der Waals surface area contributed by atoms with Gasteiger partial charge in [0.2, 0.25) is 5.88 Å².